The Labute approximate surface area is 133 Å². The van der Waals surface area contributed by atoms with Crippen LogP contribution in [0.1, 0.15) is 24.5 Å². The summed E-state index contributed by atoms with van der Waals surface area (Å²) in [5.41, 5.74) is 1.74. The summed E-state index contributed by atoms with van der Waals surface area (Å²) in [6.07, 6.45) is 1.12. The van der Waals surface area contributed by atoms with Crippen LogP contribution in [0.15, 0.2) is 46.9 Å². The molecule has 21 heavy (non-hydrogen) atoms. The highest BCUT2D eigenvalue weighted by atomic mass is 79.9. The van der Waals surface area contributed by atoms with Crippen LogP contribution in [-0.4, -0.2) is 6.54 Å². The number of nitrogens with one attached hydrogen (secondary N) is 1. The van der Waals surface area contributed by atoms with Gasteiger partial charge < -0.3 is 10.1 Å². The molecule has 0 radical (unpaired) electrons. The Bertz CT molecular complexity index is 589. The third-order valence-corrected chi connectivity index (χ3v) is 3.71. The number of ether oxygens (including phenoxy) is 1. The van der Waals surface area contributed by atoms with Gasteiger partial charge in [-0.15, -0.1) is 0 Å². The van der Waals surface area contributed by atoms with Crippen LogP contribution in [0, 0.1) is 5.82 Å². The Morgan fingerprint density at radius 2 is 2.00 bits per heavy atom. The minimum atomic E-state index is -0.242. The second-order valence-corrected chi connectivity index (χ2v) is 5.68. The molecule has 0 aliphatic heterocycles. The van der Waals surface area contributed by atoms with Crippen molar-refractivity contribution < 1.29 is 9.13 Å². The van der Waals surface area contributed by atoms with Crippen molar-refractivity contribution in [2.45, 2.75) is 26.5 Å². The van der Waals surface area contributed by atoms with Crippen molar-refractivity contribution in [2.75, 3.05) is 6.54 Å². The lowest BCUT2D eigenvalue weighted by Gasteiger charge is -2.11. The average molecular weight is 352 g/mol. The first kappa shape index (κ1) is 16.0. The number of halogens is 2. The maximum absolute atomic E-state index is 13.5. The van der Waals surface area contributed by atoms with Gasteiger partial charge in [0.25, 0.3) is 0 Å². The number of benzene rings is 2. The lowest BCUT2D eigenvalue weighted by molar-refractivity contribution is 0.298. The van der Waals surface area contributed by atoms with Crippen molar-refractivity contribution in [1.82, 2.24) is 5.32 Å². The second-order valence-electron chi connectivity index (χ2n) is 4.82. The molecule has 0 atom stereocenters. The summed E-state index contributed by atoms with van der Waals surface area (Å²) >= 11 is 3.50. The Morgan fingerprint density at radius 3 is 2.71 bits per heavy atom. The van der Waals surface area contributed by atoms with Crippen LogP contribution in [0.3, 0.4) is 0 Å². The van der Waals surface area contributed by atoms with Gasteiger partial charge in [0, 0.05) is 12.1 Å². The van der Waals surface area contributed by atoms with Crippen molar-refractivity contribution in [3.63, 3.8) is 0 Å². The number of hydrogen-bond donors (Lipinski definition) is 1. The molecular formula is C17H19BrFNO. The van der Waals surface area contributed by atoms with Gasteiger partial charge in [0.1, 0.15) is 18.2 Å². The molecule has 0 bridgehead atoms. The summed E-state index contributed by atoms with van der Waals surface area (Å²) < 4.78 is 20.1. The van der Waals surface area contributed by atoms with E-state index in [1.165, 1.54) is 11.6 Å². The molecule has 2 rings (SSSR count). The minimum Gasteiger partial charge on any atom is -0.488 e. The standard InChI is InChI=1S/C17H19BrFNO/c1-2-9-20-11-13-7-8-17(15(18)10-13)21-12-14-5-3-4-6-16(14)19/h3-8,10,20H,2,9,11-12H2,1H3. The highest BCUT2D eigenvalue weighted by Crippen LogP contribution is 2.27. The largest absolute Gasteiger partial charge is 0.488 e. The fourth-order valence-corrected chi connectivity index (χ4v) is 2.49. The van der Waals surface area contributed by atoms with Gasteiger partial charge in [-0.2, -0.15) is 0 Å². The Hall–Kier alpha value is -1.39. The van der Waals surface area contributed by atoms with E-state index in [4.69, 9.17) is 4.74 Å². The van der Waals surface area contributed by atoms with Crippen LogP contribution < -0.4 is 10.1 Å². The summed E-state index contributed by atoms with van der Waals surface area (Å²) in [5, 5.41) is 3.35. The molecular weight excluding hydrogens is 333 g/mol. The fraction of sp³-hybridized carbons (Fsp3) is 0.294. The second kappa shape index (κ2) is 8.15. The molecule has 4 heteroatoms. The summed E-state index contributed by atoms with van der Waals surface area (Å²) in [7, 11) is 0. The van der Waals surface area contributed by atoms with Gasteiger partial charge in [0.05, 0.1) is 4.47 Å². The van der Waals surface area contributed by atoms with Crippen molar-refractivity contribution in [2.24, 2.45) is 0 Å². The fourth-order valence-electron chi connectivity index (χ4n) is 1.95. The maximum Gasteiger partial charge on any atom is 0.134 e. The van der Waals surface area contributed by atoms with Crippen LogP contribution in [0.4, 0.5) is 4.39 Å². The zero-order valence-electron chi connectivity index (χ0n) is 12.0. The summed E-state index contributed by atoms with van der Waals surface area (Å²) in [5.74, 6) is 0.478. The van der Waals surface area contributed by atoms with E-state index in [2.05, 4.69) is 28.2 Å². The molecule has 1 N–H and O–H groups in total. The van der Waals surface area contributed by atoms with E-state index in [-0.39, 0.29) is 12.4 Å². The lowest BCUT2D eigenvalue weighted by atomic mass is 10.2. The van der Waals surface area contributed by atoms with Crippen LogP contribution in [0.25, 0.3) is 0 Å². The van der Waals surface area contributed by atoms with E-state index < -0.39 is 0 Å². The number of rotatable bonds is 7. The zero-order chi connectivity index (χ0) is 15.1. The highest BCUT2D eigenvalue weighted by Gasteiger charge is 2.05. The first-order chi connectivity index (χ1) is 10.2. The first-order valence-electron chi connectivity index (χ1n) is 7.06. The van der Waals surface area contributed by atoms with Gasteiger partial charge in [-0.1, -0.05) is 31.2 Å². The SMILES string of the molecule is CCCNCc1ccc(OCc2ccccc2F)c(Br)c1. The summed E-state index contributed by atoms with van der Waals surface area (Å²) in [6.45, 7) is 4.20. The van der Waals surface area contributed by atoms with Crippen molar-refractivity contribution in [3.05, 3.63) is 63.9 Å². The molecule has 0 saturated carbocycles. The molecule has 0 heterocycles. The minimum absolute atomic E-state index is 0.221. The van der Waals surface area contributed by atoms with Crippen LogP contribution in [0.2, 0.25) is 0 Å². The van der Waals surface area contributed by atoms with Gasteiger partial charge in [-0.25, -0.2) is 4.39 Å². The van der Waals surface area contributed by atoms with E-state index in [9.17, 15) is 4.39 Å². The van der Waals surface area contributed by atoms with E-state index in [1.807, 2.05) is 18.2 Å². The third kappa shape index (κ3) is 4.83. The molecule has 2 aromatic rings. The molecule has 0 aromatic heterocycles. The van der Waals surface area contributed by atoms with Crippen LogP contribution in [0.5, 0.6) is 5.75 Å². The molecule has 2 aromatic carbocycles. The van der Waals surface area contributed by atoms with Gasteiger partial charge in [-0.3, -0.25) is 0 Å². The van der Waals surface area contributed by atoms with Crippen LogP contribution >= 0.6 is 15.9 Å². The van der Waals surface area contributed by atoms with Gasteiger partial charge in [0.15, 0.2) is 0 Å². The first-order valence-corrected chi connectivity index (χ1v) is 7.85. The molecule has 0 amide bonds. The topological polar surface area (TPSA) is 21.3 Å². The van der Waals surface area contributed by atoms with E-state index >= 15 is 0 Å². The van der Waals surface area contributed by atoms with Gasteiger partial charge >= 0.3 is 0 Å². The smallest absolute Gasteiger partial charge is 0.134 e. The number of hydrogen-bond acceptors (Lipinski definition) is 2. The van der Waals surface area contributed by atoms with Gasteiger partial charge in [0.2, 0.25) is 0 Å². The normalized spacial score (nSPS) is 10.6. The van der Waals surface area contributed by atoms with Gasteiger partial charge in [-0.05, 0) is 52.7 Å². The predicted molar refractivity (Wildman–Crippen MR) is 86.9 cm³/mol. The Kier molecular flexibility index (Phi) is 6.21. The highest BCUT2D eigenvalue weighted by molar-refractivity contribution is 9.10. The van der Waals surface area contributed by atoms with Crippen molar-refractivity contribution in [1.29, 1.82) is 0 Å². The molecule has 0 saturated heterocycles. The predicted octanol–water partition coefficient (Wildman–Crippen LogP) is 4.67. The van der Waals surface area contributed by atoms with E-state index in [0.717, 1.165) is 29.7 Å². The van der Waals surface area contributed by atoms with Crippen LogP contribution in [-0.2, 0) is 13.2 Å². The van der Waals surface area contributed by atoms with Crippen molar-refractivity contribution in [3.8, 4) is 5.75 Å². The Balaban J connectivity index is 1.96. The molecule has 112 valence electrons. The third-order valence-electron chi connectivity index (χ3n) is 3.09. The molecule has 0 aliphatic carbocycles. The Morgan fingerprint density at radius 1 is 1.19 bits per heavy atom. The van der Waals surface area contributed by atoms with E-state index in [1.54, 1.807) is 18.2 Å². The van der Waals surface area contributed by atoms with Crippen molar-refractivity contribution >= 4 is 15.9 Å². The summed E-state index contributed by atoms with van der Waals surface area (Å²) in [4.78, 5) is 0. The zero-order valence-corrected chi connectivity index (χ0v) is 13.6. The molecule has 2 nitrogen and oxygen atoms in total. The maximum atomic E-state index is 13.5. The molecule has 0 fully saturated rings. The monoisotopic (exact) mass is 351 g/mol. The molecule has 0 unspecified atom stereocenters. The average Bonchev–Trinajstić information content (AvgIpc) is 2.48. The molecule has 0 spiro atoms. The lowest BCUT2D eigenvalue weighted by Crippen LogP contribution is -2.13. The summed E-state index contributed by atoms with van der Waals surface area (Å²) in [6, 6.07) is 12.6. The quantitative estimate of drug-likeness (QED) is 0.732. The molecule has 0 aliphatic rings. The van der Waals surface area contributed by atoms with E-state index in [0.29, 0.717) is 5.56 Å².